The van der Waals surface area contributed by atoms with Gasteiger partial charge in [-0.3, -0.25) is 4.31 Å². The van der Waals surface area contributed by atoms with Crippen LogP contribution < -0.4 is 9.04 Å². The second-order valence-corrected chi connectivity index (χ2v) is 7.46. The topological polar surface area (TPSA) is 46.6 Å². The van der Waals surface area contributed by atoms with Crippen LogP contribution >= 0.6 is 11.6 Å². The molecular weight excluding hydrogens is 346 g/mol. The van der Waals surface area contributed by atoms with Crippen LogP contribution in [0.15, 0.2) is 60.0 Å². The van der Waals surface area contributed by atoms with Gasteiger partial charge in [0.05, 0.1) is 23.7 Å². The van der Waals surface area contributed by atoms with Crippen LogP contribution in [0, 0.1) is 6.92 Å². The van der Waals surface area contributed by atoms with Gasteiger partial charge < -0.3 is 4.74 Å². The van der Waals surface area contributed by atoms with E-state index in [1.165, 1.54) is 16.4 Å². The van der Waals surface area contributed by atoms with E-state index in [1.54, 1.807) is 36.4 Å². The highest BCUT2D eigenvalue weighted by atomic mass is 35.5. The number of nitrogens with zero attached hydrogens (tertiary/aromatic N) is 1. The van der Waals surface area contributed by atoms with E-state index in [0.717, 1.165) is 5.56 Å². The summed E-state index contributed by atoms with van der Waals surface area (Å²) in [5.74, 6) is 0.630. The van der Waals surface area contributed by atoms with Crippen LogP contribution in [0.5, 0.6) is 5.75 Å². The lowest BCUT2D eigenvalue weighted by molar-refractivity contribution is 0.340. The molecule has 0 amide bonds. The zero-order valence-corrected chi connectivity index (χ0v) is 15.3. The van der Waals surface area contributed by atoms with E-state index in [-0.39, 0.29) is 11.4 Å². The minimum Gasteiger partial charge on any atom is -0.494 e. The van der Waals surface area contributed by atoms with E-state index in [0.29, 0.717) is 23.1 Å². The molecule has 0 unspecified atom stereocenters. The first-order valence-corrected chi connectivity index (χ1v) is 9.34. The Morgan fingerprint density at radius 3 is 2.46 bits per heavy atom. The molecule has 0 heterocycles. The molecule has 6 heteroatoms. The van der Waals surface area contributed by atoms with Gasteiger partial charge in [-0.2, -0.15) is 0 Å². The van der Waals surface area contributed by atoms with Crippen LogP contribution in [0.3, 0.4) is 0 Å². The standard InChI is InChI=1S/C18H20ClNO3S/c1-4-12-20(18-13-15(19)7-6-14(18)3)24(21,22)17-10-8-16(9-11-17)23-5-2/h4,6-11,13H,1,5,12H2,2-3H3. The molecule has 2 aromatic carbocycles. The summed E-state index contributed by atoms with van der Waals surface area (Å²) in [6.07, 6.45) is 1.55. The van der Waals surface area contributed by atoms with E-state index in [2.05, 4.69) is 6.58 Å². The highest BCUT2D eigenvalue weighted by Crippen LogP contribution is 2.30. The lowest BCUT2D eigenvalue weighted by atomic mass is 10.2. The first-order chi connectivity index (χ1) is 11.4. The Bertz CT molecular complexity index is 817. The van der Waals surface area contributed by atoms with Crippen LogP contribution in [-0.2, 0) is 10.0 Å². The van der Waals surface area contributed by atoms with Gasteiger partial charge in [0.2, 0.25) is 0 Å². The van der Waals surface area contributed by atoms with Crippen LogP contribution in [0.1, 0.15) is 12.5 Å². The third-order valence-electron chi connectivity index (χ3n) is 3.46. The molecule has 0 saturated carbocycles. The second kappa shape index (κ2) is 7.73. The molecule has 0 saturated heterocycles. The minimum atomic E-state index is -3.74. The number of rotatable bonds is 7. The molecule has 0 spiro atoms. The maximum Gasteiger partial charge on any atom is 0.264 e. The van der Waals surface area contributed by atoms with Crippen LogP contribution in [0.2, 0.25) is 5.02 Å². The lowest BCUT2D eigenvalue weighted by Gasteiger charge is -2.25. The summed E-state index contributed by atoms with van der Waals surface area (Å²) in [6, 6.07) is 11.5. The van der Waals surface area contributed by atoms with E-state index in [9.17, 15) is 8.42 Å². The fourth-order valence-electron chi connectivity index (χ4n) is 2.30. The van der Waals surface area contributed by atoms with Crippen molar-refractivity contribution in [2.75, 3.05) is 17.5 Å². The average molecular weight is 366 g/mol. The molecule has 24 heavy (non-hydrogen) atoms. The average Bonchev–Trinajstić information content (AvgIpc) is 2.56. The Hall–Kier alpha value is -1.98. The molecule has 0 bridgehead atoms. The Morgan fingerprint density at radius 2 is 1.88 bits per heavy atom. The number of hydrogen-bond acceptors (Lipinski definition) is 3. The number of hydrogen-bond donors (Lipinski definition) is 0. The van der Waals surface area contributed by atoms with Crippen LogP contribution in [0.25, 0.3) is 0 Å². The number of sulfonamides is 1. The van der Waals surface area contributed by atoms with Gasteiger partial charge in [-0.15, -0.1) is 6.58 Å². The van der Waals surface area contributed by atoms with Crippen molar-refractivity contribution in [2.24, 2.45) is 0 Å². The van der Waals surface area contributed by atoms with E-state index in [1.807, 2.05) is 13.8 Å². The number of ether oxygens (including phenoxy) is 1. The van der Waals surface area contributed by atoms with Gasteiger partial charge in [-0.25, -0.2) is 8.42 Å². The van der Waals surface area contributed by atoms with Crippen LogP contribution in [-0.4, -0.2) is 21.6 Å². The predicted octanol–water partition coefficient (Wildman–Crippen LogP) is 4.43. The normalized spacial score (nSPS) is 11.1. The maximum atomic E-state index is 13.0. The number of aryl methyl sites for hydroxylation is 1. The molecule has 0 aliphatic heterocycles. The van der Waals surface area contributed by atoms with Crippen LogP contribution in [0.4, 0.5) is 5.69 Å². The van der Waals surface area contributed by atoms with Gasteiger partial charge in [-0.05, 0) is 55.8 Å². The summed E-state index contributed by atoms with van der Waals surface area (Å²) in [6.45, 7) is 8.05. The number of benzene rings is 2. The van der Waals surface area contributed by atoms with Gasteiger partial charge in [0.25, 0.3) is 10.0 Å². The summed E-state index contributed by atoms with van der Waals surface area (Å²) < 4.78 is 32.8. The zero-order chi connectivity index (χ0) is 17.7. The summed E-state index contributed by atoms with van der Waals surface area (Å²) >= 11 is 6.05. The molecule has 2 aromatic rings. The Kier molecular flexibility index (Phi) is 5.91. The van der Waals surface area contributed by atoms with Gasteiger partial charge in [0.15, 0.2) is 0 Å². The lowest BCUT2D eigenvalue weighted by Crippen LogP contribution is -2.31. The smallest absolute Gasteiger partial charge is 0.264 e. The molecule has 0 atom stereocenters. The molecule has 0 aliphatic carbocycles. The van der Waals surface area contributed by atoms with Gasteiger partial charge in [-0.1, -0.05) is 23.7 Å². The fourth-order valence-corrected chi connectivity index (χ4v) is 3.95. The van der Waals surface area contributed by atoms with Gasteiger partial charge in [0.1, 0.15) is 5.75 Å². The summed E-state index contributed by atoms with van der Waals surface area (Å²) in [7, 11) is -3.74. The summed E-state index contributed by atoms with van der Waals surface area (Å²) in [4.78, 5) is 0.187. The molecule has 0 radical (unpaired) electrons. The summed E-state index contributed by atoms with van der Waals surface area (Å²) in [5.41, 5.74) is 1.35. The molecule has 0 N–H and O–H groups in total. The molecule has 4 nitrogen and oxygen atoms in total. The summed E-state index contributed by atoms with van der Waals surface area (Å²) in [5, 5.41) is 0.478. The maximum absolute atomic E-state index is 13.0. The van der Waals surface area contributed by atoms with E-state index in [4.69, 9.17) is 16.3 Å². The molecular formula is C18H20ClNO3S. The Labute approximate surface area is 148 Å². The highest BCUT2D eigenvalue weighted by Gasteiger charge is 2.25. The van der Waals surface area contributed by atoms with E-state index >= 15 is 0 Å². The molecule has 0 aromatic heterocycles. The first kappa shape index (κ1) is 18.4. The first-order valence-electron chi connectivity index (χ1n) is 7.52. The third kappa shape index (κ3) is 3.91. The molecule has 0 aliphatic rings. The van der Waals surface area contributed by atoms with Crippen molar-refractivity contribution in [2.45, 2.75) is 18.7 Å². The largest absolute Gasteiger partial charge is 0.494 e. The number of anilines is 1. The van der Waals surface area contributed by atoms with Crippen molar-refractivity contribution in [3.63, 3.8) is 0 Å². The van der Waals surface area contributed by atoms with Crippen molar-refractivity contribution >= 4 is 27.3 Å². The molecule has 128 valence electrons. The van der Waals surface area contributed by atoms with Crippen molar-refractivity contribution in [3.05, 3.63) is 65.7 Å². The Morgan fingerprint density at radius 1 is 1.21 bits per heavy atom. The van der Waals surface area contributed by atoms with Crippen molar-refractivity contribution in [1.29, 1.82) is 0 Å². The zero-order valence-electron chi connectivity index (χ0n) is 13.7. The quantitative estimate of drug-likeness (QED) is 0.682. The van der Waals surface area contributed by atoms with Gasteiger partial charge >= 0.3 is 0 Å². The third-order valence-corrected chi connectivity index (χ3v) is 5.49. The highest BCUT2D eigenvalue weighted by molar-refractivity contribution is 7.92. The van der Waals surface area contributed by atoms with Crippen molar-refractivity contribution in [1.82, 2.24) is 0 Å². The minimum absolute atomic E-state index is 0.150. The second-order valence-electron chi connectivity index (χ2n) is 5.16. The van der Waals surface area contributed by atoms with Crippen molar-refractivity contribution in [3.8, 4) is 5.75 Å². The SMILES string of the molecule is C=CCN(c1cc(Cl)ccc1C)S(=O)(=O)c1ccc(OCC)cc1. The molecule has 2 rings (SSSR count). The van der Waals surface area contributed by atoms with Gasteiger partial charge in [0, 0.05) is 5.02 Å². The Balaban J connectivity index is 2.48. The number of halogens is 1. The van der Waals surface area contributed by atoms with E-state index < -0.39 is 10.0 Å². The fraction of sp³-hybridized carbons (Fsp3) is 0.222. The molecule has 0 fully saturated rings. The van der Waals surface area contributed by atoms with Crippen molar-refractivity contribution < 1.29 is 13.2 Å². The monoisotopic (exact) mass is 365 g/mol. The predicted molar refractivity (Wildman–Crippen MR) is 98.5 cm³/mol.